The van der Waals surface area contributed by atoms with Gasteiger partial charge in [-0.05, 0) is 55.8 Å². The van der Waals surface area contributed by atoms with Crippen LogP contribution in [0.4, 0.5) is 5.69 Å². The van der Waals surface area contributed by atoms with Gasteiger partial charge in [-0.25, -0.2) is 4.79 Å². The Labute approximate surface area is 135 Å². The molecule has 0 unspecified atom stereocenters. The van der Waals surface area contributed by atoms with Gasteiger partial charge in [-0.15, -0.1) is 12.4 Å². The summed E-state index contributed by atoms with van der Waals surface area (Å²) < 4.78 is 5.60. The highest BCUT2D eigenvalue weighted by atomic mass is 35.5. The predicted molar refractivity (Wildman–Crippen MR) is 91.3 cm³/mol. The van der Waals surface area contributed by atoms with Crippen LogP contribution in [0.5, 0.6) is 0 Å². The number of nitrogens with zero attached hydrogens (tertiary/aromatic N) is 1. The lowest BCUT2D eigenvalue weighted by Crippen LogP contribution is -2.34. The lowest BCUT2D eigenvalue weighted by atomic mass is 9.89. The van der Waals surface area contributed by atoms with Crippen molar-refractivity contribution in [2.24, 2.45) is 5.73 Å². The number of fused-ring (bicyclic) bond motifs is 2. The van der Waals surface area contributed by atoms with Crippen molar-refractivity contribution < 1.29 is 4.42 Å². The fourth-order valence-corrected chi connectivity index (χ4v) is 3.90. The highest BCUT2D eigenvalue weighted by molar-refractivity contribution is 5.90. The molecular formula is C17H21ClN2O2. The molecule has 0 amide bonds. The van der Waals surface area contributed by atoms with Gasteiger partial charge in [0.05, 0.1) is 0 Å². The zero-order valence-corrected chi connectivity index (χ0v) is 13.4. The molecular weight excluding hydrogens is 300 g/mol. The van der Waals surface area contributed by atoms with E-state index in [1.807, 2.05) is 0 Å². The molecule has 2 aliphatic rings. The standard InChI is InChI=1S/C17H20N2O2.ClH/c18-6-5-11-10-15(20)21-17-13-4-2-8-19-7-1-3-12(16(13)19)9-14(11)17;/h9-10H,1-8,18H2;1H. The first-order valence-electron chi connectivity index (χ1n) is 7.84. The van der Waals surface area contributed by atoms with E-state index in [1.54, 1.807) is 6.07 Å². The van der Waals surface area contributed by atoms with E-state index in [-0.39, 0.29) is 18.0 Å². The van der Waals surface area contributed by atoms with Crippen LogP contribution in [0.15, 0.2) is 21.3 Å². The van der Waals surface area contributed by atoms with E-state index >= 15 is 0 Å². The second kappa shape index (κ2) is 5.94. The predicted octanol–water partition coefficient (Wildman–Crippen LogP) is 2.41. The third kappa shape index (κ3) is 2.31. The zero-order valence-electron chi connectivity index (χ0n) is 12.6. The Morgan fingerprint density at radius 2 is 1.95 bits per heavy atom. The van der Waals surface area contributed by atoms with Crippen molar-refractivity contribution in [3.05, 3.63) is 39.2 Å². The van der Waals surface area contributed by atoms with Crippen LogP contribution in [-0.4, -0.2) is 19.6 Å². The Morgan fingerprint density at radius 1 is 1.18 bits per heavy atom. The molecule has 4 rings (SSSR count). The van der Waals surface area contributed by atoms with Crippen molar-refractivity contribution in [2.45, 2.75) is 32.1 Å². The highest BCUT2D eigenvalue weighted by Gasteiger charge is 2.27. The van der Waals surface area contributed by atoms with Crippen LogP contribution in [0.3, 0.4) is 0 Å². The monoisotopic (exact) mass is 320 g/mol. The molecule has 0 saturated heterocycles. The fourth-order valence-electron chi connectivity index (χ4n) is 3.90. The minimum Gasteiger partial charge on any atom is -0.422 e. The molecule has 2 aromatic rings. The van der Waals surface area contributed by atoms with Crippen LogP contribution in [0.1, 0.15) is 29.5 Å². The van der Waals surface area contributed by atoms with Gasteiger partial charge in [-0.3, -0.25) is 0 Å². The summed E-state index contributed by atoms with van der Waals surface area (Å²) in [4.78, 5) is 14.4. The molecule has 0 saturated carbocycles. The topological polar surface area (TPSA) is 59.5 Å². The Morgan fingerprint density at radius 3 is 2.73 bits per heavy atom. The maximum Gasteiger partial charge on any atom is 0.336 e. The Kier molecular flexibility index (Phi) is 4.15. The Bertz CT molecular complexity index is 767. The molecule has 0 fully saturated rings. The highest BCUT2D eigenvalue weighted by Crippen LogP contribution is 2.40. The van der Waals surface area contributed by atoms with Crippen LogP contribution in [0, 0.1) is 0 Å². The molecule has 2 aliphatic heterocycles. The van der Waals surface area contributed by atoms with E-state index in [0.717, 1.165) is 55.3 Å². The lowest BCUT2D eigenvalue weighted by molar-refractivity contribution is 0.547. The van der Waals surface area contributed by atoms with E-state index in [9.17, 15) is 4.79 Å². The van der Waals surface area contributed by atoms with Crippen molar-refractivity contribution in [1.29, 1.82) is 0 Å². The molecule has 1 aromatic carbocycles. The number of nitrogens with two attached hydrogens (primary N) is 1. The molecule has 5 heteroatoms. The number of rotatable bonds is 2. The maximum atomic E-state index is 11.9. The van der Waals surface area contributed by atoms with Gasteiger partial charge in [-0.2, -0.15) is 0 Å². The van der Waals surface area contributed by atoms with Crippen molar-refractivity contribution in [2.75, 3.05) is 24.5 Å². The van der Waals surface area contributed by atoms with E-state index in [0.29, 0.717) is 6.54 Å². The molecule has 0 spiro atoms. The summed E-state index contributed by atoms with van der Waals surface area (Å²) >= 11 is 0. The molecule has 1 aromatic heterocycles. The molecule has 2 N–H and O–H groups in total. The van der Waals surface area contributed by atoms with Crippen molar-refractivity contribution in [3.8, 4) is 0 Å². The van der Waals surface area contributed by atoms with Crippen molar-refractivity contribution >= 4 is 29.1 Å². The first kappa shape index (κ1) is 15.4. The van der Waals surface area contributed by atoms with Gasteiger partial charge in [0, 0.05) is 35.8 Å². The summed E-state index contributed by atoms with van der Waals surface area (Å²) in [5.74, 6) is 0. The van der Waals surface area contributed by atoms with E-state index in [4.69, 9.17) is 10.2 Å². The van der Waals surface area contributed by atoms with Crippen LogP contribution in [-0.2, 0) is 19.3 Å². The lowest BCUT2D eigenvalue weighted by Gasteiger charge is -2.37. The Hall–Kier alpha value is -1.52. The van der Waals surface area contributed by atoms with Gasteiger partial charge in [-0.1, -0.05) is 0 Å². The summed E-state index contributed by atoms with van der Waals surface area (Å²) in [6.45, 7) is 2.80. The number of aryl methyl sites for hydroxylation is 2. The number of anilines is 1. The van der Waals surface area contributed by atoms with Crippen LogP contribution >= 0.6 is 12.4 Å². The van der Waals surface area contributed by atoms with Crippen LogP contribution in [0.2, 0.25) is 0 Å². The minimum absolute atomic E-state index is 0. The molecule has 118 valence electrons. The summed E-state index contributed by atoms with van der Waals surface area (Å²) in [6.07, 6.45) is 5.20. The number of benzene rings is 1. The van der Waals surface area contributed by atoms with Gasteiger partial charge >= 0.3 is 5.63 Å². The second-order valence-corrected chi connectivity index (χ2v) is 6.06. The van der Waals surface area contributed by atoms with E-state index in [2.05, 4.69) is 11.0 Å². The van der Waals surface area contributed by atoms with E-state index < -0.39 is 0 Å². The molecule has 4 nitrogen and oxygen atoms in total. The summed E-state index contributed by atoms with van der Waals surface area (Å²) in [6, 6.07) is 3.84. The molecule has 0 atom stereocenters. The molecule has 22 heavy (non-hydrogen) atoms. The Balaban J connectivity index is 0.00000144. The number of halogens is 1. The zero-order chi connectivity index (χ0) is 14.4. The van der Waals surface area contributed by atoms with Crippen molar-refractivity contribution in [3.63, 3.8) is 0 Å². The fraction of sp³-hybridized carbons (Fsp3) is 0.471. The SMILES string of the molecule is Cl.NCCc1cc(=O)oc2c3c4c(cc12)CCCN4CCC3. The van der Waals surface area contributed by atoms with E-state index in [1.165, 1.54) is 23.2 Å². The summed E-state index contributed by atoms with van der Waals surface area (Å²) in [7, 11) is 0. The largest absolute Gasteiger partial charge is 0.422 e. The smallest absolute Gasteiger partial charge is 0.336 e. The van der Waals surface area contributed by atoms with Gasteiger partial charge in [0.1, 0.15) is 5.58 Å². The van der Waals surface area contributed by atoms with Gasteiger partial charge in [0.2, 0.25) is 0 Å². The molecule has 3 heterocycles. The van der Waals surface area contributed by atoms with Gasteiger partial charge in [0.15, 0.2) is 0 Å². The average molecular weight is 321 g/mol. The minimum atomic E-state index is -0.255. The normalized spacial score (nSPS) is 16.3. The maximum absolute atomic E-state index is 11.9. The third-order valence-corrected chi connectivity index (χ3v) is 4.73. The third-order valence-electron chi connectivity index (χ3n) is 4.73. The summed E-state index contributed by atoms with van der Waals surface area (Å²) in [5, 5.41) is 1.09. The average Bonchev–Trinajstić information content (AvgIpc) is 2.49. The summed E-state index contributed by atoms with van der Waals surface area (Å²) in [5.41, 5.74) is 11.3. The quantitative estimate of drug-likeness (QED) is 0.863. The van der Waals surface area contributed by atoms with Gasteiger partial charge < -0.3 is 15.1 Å². The molecule has 0 aliphatic carbocycles. The molecule has 0 bridgehead atoms. The first-order chi connectivity index (χ1) is 10.3. The van der Waals surface area contributed by atoms with Crippen LogP contribution < -0.4 is 16.3 Å². The second-order valence-electron chi connectivity index (χ2n) is 6.06. The first-order valence-corrected chi connectivity index (χ1v) is 7.84. The van der Waals surface area contributed by atoms with Gasteiger partial charge in [0.25, 0.3) is 0 Å². The van der Waals surface area contributed by atoms with Crippen LogP contribution in [0.25, 0.3) is 11.0 Å². The number of hydrogen-bond donors (Lipinski definition) is 1. The number of hydrogen-bond acceptors (Lipinski definition) is 4. The van der Waals surface area contributed by atoms with Crippen molar-refractivity contribution in [1.82, 2.24) is 0 Å². The molecule has 0 radical (unpaired) electrons.